The van der Waals surface area contributed by atoms with Gasteiger partial charge in [-0.15, -0.1) is 0 Å². The van der Waals surface area contributed by atoms with E-state index in [1.807, 2.05) is 31.2 Å². The molecule has 2 atom stereocenters. The fourth-order valence-electron chi connectivity index (χ4n) is 3.74. The maximum absolute atomic E-state index is 13.6. The number of carbonyl (C=O) groups excluding carboxylic acids is 1. The van der Waals surface area contributed by atoms with Crippen LogP contribution in [0, 0.1) is 16.0 Å². The summed E-state index contributed by atoms with van der Waals surface area (Å²) in [4.78, 5) is 28.4. The summed E-state index contributed by atoms with van der Waals surface area (Å²) in [6, 6.07) is 6.41. The number of aromatic nitrogens is 4. The van der Waals surface area contributed by atoms with Crippen molar-refractivity contribution in [1.82, 2.24) is 25.1 Å². The number of nitrogens with one attached hydrogen (secondary N) is 2. The van der Waals surface area contributed by atoms with Gasteiger partial charge in [0.05, 0.1) is 11.1 Å². The molecule has 3 aromatic rings. The molecule has 4 N–H and O–H groups in total. The first kappa shape index (κ1) is 21.3. The Balaban J connectivity index is 1.88. The van der Waals surface area contributed by atoms with Crippen LogP contribution in [0.25, 0.3) is 11.0 Å². The van der Waals surface area contributed by atoms with Crippen molar-refractivity contribution in [2.75, 3.05) is 17.7 Å². The lowest BCUT2D eigenvalue weighted by atomic mass is 9.99. The van der Waals surface area contributed by atoms with Crippen LogP contribution in [-0.2, 0) is 11.3 Å². The summed E-state index contributed by atoms with van der Waals surface area (Å²) in [5.74, 6) is 0.667. The highest BCUT2D eigenvalue weighted by Gasteiger charge is 2.40. The molecule has 0 bridgehead atoms. The Bertz CT molecular complexity index is 1220. The average molecular weight is 531 g/mol. The molecule has 1 aliphatic rings. The Kier molecular flexibility index (Phi) is 5.71. The Hall–Kier alpha value is -2.93. The lowest BCUT2D eigenvalue weighted by Gasteiger charge is -2.36. The summed E-state index contributed by atoms with van der Waals surface area (Å²) in [5.41, 5.74) is 8.58. The second kappa shape index (κ2) is 8.30. The number of benzene rings is 1. The van der Waals surface area contributed by atoms with Crippen LogP contribution in [0.4, 0.5) is 11.5 Å². The molecule has 2 aromatic heterocycles. The summed E-state index contributed by atoms with van der Waals surface area (Å²) >= 11 is 2.09. The minimum atomic E-state index is -0.631. The van der Waals surface area contributed by atoms with Gasteiger partial charge in [0.25, 0.3) is 5.91 Å². The van der Waals surface area contributed by atoms with E-state index in [2.05, 4.69) is 43.0 Å². The fraction of sp³-hybridized carbons (Fsp3) is 0.300. The fourth-order valence-corrected chi connectivity index (χ4v) is 4.51. The van der Waals surface area contributed by atoms with Gasteiger partial charge in [0.1, 0.15) is 40.3 Å². The van der Waals surface area contributed by atoms with Gasteiger partial charge in [0, 0.05) is 5.71 Å². The van der Waals surface area contributed by atoms with Gasteiger partial charge in [-0.1, -0.05) is 18.2 Å². The molecule has 0 aliphatic carbocycles. The van der Waals surface area contributed by atoms with E-state index in [0.717, 1.165) is 11.3 Å². The van der Waals surface area contributed by atoms with Gasteiger partial charge >= 0.3 is 0 Å². The molecule has 3 heterocycles. The number of likely N-dealkylation sites (N-methyl/N-ethyl adjacent to an activating group) is 1. The number of nitrogens with zero attached hydrogens (tertiary/aromatic N) is 6. The quantitative estimate of drug-likeness (QED) is 0.339. The highest BCUT2D eigenvalue weighted by molar-refractivity contribution is 14.1. The monoisotopic (exact) mass is 531 g/mol. The van der Waals surface area contributed by atoms with Crippen LogP contribution in [0.5, 0.6) is 0 Å². The van der Waals surface area contributed by atoms with Gasteiger partial charge in [-0.05, 0) is 55.1 Å². The lowest BCUT2D eigenvalue weighted by molar-refractivity contribution is -0.120. The number of hydrogen-bond acceptors (Lipinski definition) is 8. The topological polar surface area (TPSA) is 138 Å². The molecule has 0 spiro atoms. The van der Waals surface area contributed by atoms with Crippen molar-refractivity contribution in [2.45, 2.75) is 32.5 Å². The number of amidine groups is 1. The van der Waals surface area contributed by atoms with Gasteiger partial charge < -0.3 is 16.5 Å². The standard InChI is InChI=1S/C20H22IN9O/c1-10-6-4-5-7-12(10)30-13(27-15(11(2)22)16(24-3)20(30)31)8-29-19-14(17(21)28-29)18(23)25-9-26-19/h4-7,9,15-16,22,24H,8H2,1-3H3,(H2,23,25,26). The van der Waals surface area contributed by atoms with Crippen molar-refractivity contribution in [3.8, 4) is 0 Å². The molecule has 1 amide bonds. The van der Waals surface area contributed by atoms with Gasteiger partial charge in [-0.3, -0.25) is 14.7 Å². The van der Waals surface area contributed by atoms with Crippen molar-refractivity contribution in [2.24, 2.45) is 4.99 Å². The number of para-hydroxylation sites is 1. The predicted molar refractivity (Wildman–Crippen MR) is 129 cm³/mol. The van der Waals surface area contributed by atoms with E-state index in [9.17, 15) is 4.79 Å². The Morgan fingerprint density at radius 3 is 2.74 bits per heavy atom. The van der Waals surface area contributed by atoms with E-state index in [-0.39, 0.29) is 12.5 Å². The van der Waals surface area contributed by atoms with Crippen LogP contribution in [0.2, 0.25) is 0 Å². The summed E-state index contributed by atoms with van der Waals surface area (Å²) in [6.07, 6.45) is 1.39. The zero-order valence-electron chi connectivity index (χ0n) is 17.3. The van der Waals surface area contributed by atoms with Crippen molar-refractivity contribution in [1.29, 1.82) is 5.41 Å². The number of aliphatic imine (C=N–C) groups is 1. The summed E-state index contributed by atoms with van der Waals surface area (Å²) in [7, 11) is 1.71. The molecule has 160 valence electrons. The third-order valence-corrected chi connectivity index (χ3v) is 6.02. The molecule has 0 radical (unpaired) electrons. The lowest BCUT2D eigenvalue weighted by Crippen LogP contribution is -2.59. The third kappa shape index (κ3) is 3.67. The van der Waals surface area contributed by atoms with Crippen molar-refractivity contribution in [3.63, 3.8) is 0 Å². The molecular formula is C20H22IN9O. The van der Waals surface area contributed by atoms with E-state index >= 15 is 0 Å². The highest BCUT2D eigenvalue weighted by Crippen LogP contribution is 2.27. The number of fused-ring (bicyclic) bond motifs is 1. The number of amides is 1. The molecular weight excluding hydrogens is 509 g/mol. The minimum absolute atomic E-state index is 0.168. The Labute approximate surface area is 192 Å². The molecule has 1 aliphatic heterocycles. The van der Waals surface area contributed by atoms with Crippen LogP contribution in [0.3, 0.4) is 0 Å². The van der Waals surface area contributed by atoms with E-state index in [0.29, 0.717) is 32.1 Å². The summed E-state index contributed by atoms with van der Waals surface area (Å²) in [6.45, 7) is 3.80. The second-order valence-electron chi connectivity index (χ2n) is 7.31. The molecule has 0 saturated carbocycles. The summed E-state index contributed by atoms with van der Waals surface area (Å²) in [5, 5.41) is 16.4. The second-order valence-corrected chi connectivity index (χ2v) is 8.33. The van der Waals surface area contributed by atoms with Crippen molar-refractivity contribution in [3.05, 3.63) is 39.9 Å². The van der Waals surface area contributed by atoms with Gasteiger partial charge in [0.15, 0.2) is 5.65 Å². The van der Waals surface area contributed by atoms with Gasteiger partial charge in [-0.2, -0.15) is 5.10 Å². The van der Waals surface area contributed by atoms with Crippen LogP contribution in [-0.4, -0.2) is 56.3 Å². The largest absolute Gasteiger partial charge is 0.383 e. The number of nitrogen functional groups attached to an aromatic ring is 1. The first-order valence-corrected chi connectivity index (χ1v) is 10.7. The van der Waals surface area contributed by atoms with Crippen molar-refractivity contribution >= 4 is 62.6 Å². The molecule has 0 saturated heterocycles. The number of hydrogen-bond donors (Lipinski definition) is 3. The number of carbonyl (C=O) groups is 1. The average Bonchev–Trinajstić information content (AvgIpc) is 3.05. The maximum Gasteiger partial charge on any atom is 0.252 e. The van der Waals surface area contributed by atoms with Crippen LogP contribution < -0.4 is 16.0 Å². The minimum Gasteiger partial charge on any atom is -0.383 e. The van der Waals surface area contributed by atoms with Crippen LogP contribution in [0.15, 0.2) is 35.6 Å². The first-order chi connectivity index (χ1) is 14.8. The van der Waals surface area contributed by atoms with Crippen LogP contribution in [0.1, 0.15) is 12.5 Å². The van der Waals surface area contributed by atoms with E-state index < -0.39 is 12.1 Å². The predicted octanol–water partition coefficient (Wildman–Crippen LogP) is 1.76. The zero-order chi connectivity index (χ0) is 22.3. The molecule has 0 fully saturated rings. The van der Waals surface area contributed by atoms with Gasteiger partial charge in [-0.25, -0.2) is 14.6 Å². The Morgan fingerprint density at radius 1 is 1.32 bits per heavy atom. The third-order valence-electron chi connectivity index (χ3n) is 5.27. The van der Waals surface area contributed by atoms with E-state index in [1.165, 1.54) is 6.33 Å². The van der Waals surface area contributed by atoms with Crippen molar-refractivity contribution < 1.29 is 4.79 Å². The molecule has 2 unspecified atom stereocenters. The molecule has 10 nitrogen and oxygen atoms in total. The number of aryl methyl sites for hydroxylation is 1. The number of anilines is 2. The number of nitrogens with two attached hydrogens (primary N) is 1. The first-order valence-electron chi connectivity index (χ1n) is 9.64. The number of rotatable bonds is 5. The van der Waals surface area contributed by atoms with Gasteiger partial charge in [0.2, 0.25) is 0 Å². The maximum atomic E-state index is 13.6. The summed E-state index contributed by atoms with van der Waals surface area (Å²) < 4.78 is 2.34. The smallest absolute Gasteiger partial charge is 0.252 e. The van der Waals surface area contributed by atoms with E-state index in [4.69, 9.17) is 16.1 Å². The normalized spacial score (nSPS) is 19.0. The zero-order valence-corrected chi connectivity index (χ0v) is 19.5. The SMILES string of the molecule is CNC1C(=O)N(c2ccccc2C)C(Cn2nc(I)c3c(N)ncnc32)=NC1C(C)=N. The molecule has 4 rings (SSSR count). The number of halogens is 1. The highest BCUT2D eigenvalue weighted by atomic mass is 127. The molecule has 11 heteroatoms. The molecule has 1 aromatic carbocycles. The van der Waals surface area contributed by atoms with E-state index in [1.54, 1.807) is 23.6 Å². The molecule has 31 heavy (non-hydrogen) atoms. The Morgan fingerprint density at radius 2 is 2.06 bits per heavy atom. The van der Waals surface area contributed by atoms with Crippen LogP contribution >= 0.6 is 22.6 Å².